The molecule has 0 radical (unpaired) electrons. The number of halogens is 3. The first kappa shape index (κ1) is 18.8. The largest absolute Gasteiger partial charge is 0.370 e. The lowest BCUT2D eigenvalue weighted by Crippen LogP contribution is -2.36. The number of pyridine rings is 1. The van der Waals surface area contributed by atoms with Crippen LogP contribution in [-0.2, 0) is 12.5 Å². The van der Waals surface area contributed by atoms with Crippen LogP contribution >= 0.6 is 0 Å². The summed E-state index contributed by atoms with van der Waals surface area (Å²) in [6.07, 6.45) is 1.70. The van der Waals surface area contributed by atoms with Gasteiger partial charge in [-0.05, 0) is 36.8 Å². The van der Waals surface area contributed by atoms with Crippen LogP contribution in [0.1, 0.15) is 36.7 Å². The maximum Gasteiger partial charge on any atom is 0.273 e. The molecule has 134 valence electrons. The van der Waals surface area contributed by atoms with Crippen LogP contribution in [-0.4, -0.2) is 22.9 Å². The average molecular weight is 350 g/mol. The summed E-state index contributed by atoms with van der Waals surface area (Å²) in [6.45, 7) is 2.69. The molecule has 0 bridgehead atoms. The highest BCUT2D eigenvalue weighted by Crippen LogP contribution is 2.29. The number of aromatic nitrogens is 1. The summed E-state index contributed by atoms with van der Waals surface area (Å²) < 4.78 is 40.2. The van der Waals surface area contributed by atoms with Crippen LogP contribution in [0, 0.1) is 5.82 Å². The molecule has 0 saturated carbocycles. The van der Waals surface area contributed by atoms with E-state index in [9.17, 15) is 13.2 Å². The molecule has 0 amide bonds. The van der Waals surface area contributed by atoms with Gasteiger partial charge in [0.15, 0.2) is 5.96 Å². The second kappa shape index (κ2) is 7.55. The van der Waals surface area contributed by atoms with E-state index in [4.69, 9.17) is 5.73 Å². The van der Waals surface area contributed by atoms with Crippen LogP contribution in [0.15, 0.2) is 47.6 Å². The Kier molecular flexibility index (Phi) is 5.66. The summed E-state index contributed by atoms with van der Waals surface area (Å²) in [6, 6.07) is 9.06. The van der Waals surface area contributed by atoms with Gasteiger partial charge in [-0.1, -0.05) is 12.1 Å². The zero-order valence-corrected chi connectivity index (χ0v) is 14.4. The van der Waals surface area contributed by atoms with Crippen molar-refractivity contribution in [2.45, 2.75) is 32.4 Å². The number of alkyl halides is 2. The summed E-state index contributed by atoms with van der Waals surface area (Å²) in [4.78, 5) is 10.2. The Labute approximate surface area is 145 Å². The van der Waals surface area contributed by atoms with E-state index in [1.54, 1.807) is 18.1 Å². The summed E-state index contributed by atoms with van der Waals surface area (Å²) >= 11 is 0. The highest BCUT2D eigenvalue weighted by Gasteiger charge is 2.28. The summed E-state index contributed by atoms with van der Waals surface area (Å²) in [5.41, 5.74) is 6.65. The van der Waals surface area contributed by atoms with Crippen LogP contribution in [0.4, 0.5) is 13.2 Å². The van der Waals surface area contributed by atoms with Crippen LogP contribution < -0.4 is 5.73 Å². The van der Waals surface area contributed by atoms with Crippen molar-refractivity contribution >= 4 is 5.96 Å². The van der Waals surface area contributed by atoms with E-state index in [2.05, 4.69) is 9.98 Å². The lowest BCUT2D eigenvalue weighted by Gasteiger charge is -2.25. The Hall–Kier alpha value is -2.57. The normalized spacial score (nSPS) is 13.6. The predicted octanol–water partition coefficient (Wildman–Crippen LogP) is 3.84. The maximum absolute atomic E-state index is 13.8. The molecular formula is C18H21F3N4. The second-order valence-corrected chi connectivity index (χ2v) is 5.92. The molecule has 0 fully saturated rings. The molecule has 0 aliphatic heterocycles. The van der Waals surface area contributed by atoms with E-state index in [1.807, 2.05) is 25.1 Å². The van der Waals surface area contributed by atoms with Gasteiger partial charge in [0.2, 0.25) is 0 Å². The number of aliphatic imine (C=N–C) groups is 1. The quantitative estimate of drug-likeness (QED) is 0.658. The van der Waals surface area contributed by atoms with E-state index >= 15 is 0 Å². The number of hydrogen-bond acceptors (Lipinski definition) is 2. The Morgan fingerprint density at radius 2 is 2.04 bits per heavy atom. The molecule has 0 saturated heterocycles. The molecule has 0 spiro atoms. The molecule has 1 aromatic heterocycles. The van der Waals surface area contributed by atoms with Gasteiger partial charge in [0, 0.05) is 20.2 Å². The van der Waals surface area contributed by atoms with Crippen molar-refractivity contribution in [2.75, 3.05) is 7.05 Å². The molecule has 1 aromatic carbocycles. The fourth-order valence-corrected chi connectivity index (χ4v) is 2.32. The maximum atomic E-state index is 13.8. The zero-order valence-electron chi connectivity index (χ0n) is 14.4. The SMILES string of the molecule is CC(c1ccccn1)N(C)C(N)=NCc1ccc(C(C)(F)F)c(F)c1. The van der Waals surface area contributed by atoms with Gasteiger partial charge < -0.3 is 10.6 Å². The number of nitrogens with zero attached hydrogens (tertiary/aromatic N) is 3. The first-order valence-electron chi connectivity index (χ1n) is 7.80. The van der Waals surface area contributed by atoms with Crippen molar-refractivity contribution in [2.24, 2.45) is 10.7 Å². The van der Waals surface area contributed by atoms with Gasteiger partial charge in [-0.3, -0.25) is 4.98 Å². The molecule has 1 atom stereocenters. The summed E-state index contributed by atoms with van der Waals surface area (Å²) in [5.74, 6) is -3.92. The zero-order chi connectivity index (χ0) is 18.6. The van der Waals surface area contributed by atoms with Crippen molar-refractivity contribution in [3.8, 4) is 0 Å². The number of guanidine groups is 1. The molecule has 2 aromatic rings. The number of hydrogen-bond donors (Lipinski definition) is 1. The molecule has 1 heterocycles. The van der Waals surface area contributed by atoms with Gasteiger partial charge in [0.25, 0.3) is 5.92 Å². The summed E-state index contributed by atoms with van der Waals surface area (Å²) in [7, 11) is 1.78. The van der Waals surface area contributed by atoms with Crippen LogP contribution in [0.25, 0.3) is 0 Å². The van der Waals surface area contributed by atoms with E-state index in [0.717, 1.165) is 17.8 Å². The number of nitrogens with two attached hydrogens (primary N) is 1. The minimum atomic E-state index is -3.22. The molecule has 0 aliphatic carbocycles. The van der Waals surface area contributed by atoms with E-state index < -0.39 is 17.3 Å². The van der Waals surface area contributed by atoms with Crippen molar-refractivity contribution < 1.29 is 13.2 Å². The molecule has 25 heavy (non-hydrogen) atoms. The Morgan fingerprint density at radius 1 is 1.32 bits per heavy atom. The monoisotopic (exact) mass is 350 g/mol. The third kappa shape index (κ3) is 4.71. The highest BCUT2D eigenvalue weighted by molar-refractivity contribution is 5.78. The smallest absolute Gasteiger partial charge is 0.273 e. The molecule has 2 N–H and O–H groups in total. The fraction of sp³-hybridized carbons (Fsp3) is 0.333. The van der Waals surface area contributed by atoms with Gasteiger partial charge in [0.05, 0.1) is 23.8 Å². The lowest BCUT2D eigenvalue weighted by atomic mass is 10.1. The van der Waals surface area contributed by atoms with Gasteiger partial charge in [0.1, 0.15) is 5.82 Å². The summed E-state index contributed by atoms with van der Waals surface area (Å²) in [5, 5.41) is 0. The molecule has 7 heteroatoms. The standard InChI is InChI=1S/C18H21F3N4/c1-12(16-6-4-5-9-23-16)25(3)17(22)24-11-13-7-8-14(15(19)10-13)18(2,20)21/h4-10,12H,11H2,1-3H3,(H2,22,24). The first-order valence-corrected chi connectivity index (χ1v) is 7.80. The molecular weight excluding hydrogens is 329 g/mol. The first-order chi connectivity index (χ1) is 11.7. The van der Waals surface area contributed by atoms with Crippen molar-refractivity contribution in [3.63, 3.8) is 0 Å². The minimum absolute atomic E-state index is 0.0946. The van der Waals surface area contributed by atoms with Gasteiger partial charge in [-0.15, -0.1) is 0 Å². The number of benzene rings is 1. The number of rotatable bonds is 5. The predicted molar refractivity (Wildman–Crippen MR) is 91.7 cm³/mol. The third-order valence-electron chi connectivity index (χ3n) is 3.99. The van der Waals surface area contributed by atoms with Gasteiger partial charge in [-0.2, -0.15) is 0 Å². The van der Waals surface area contributed by atoms with Crippen LogP contribution in [0.3, 0.4) is 0 Å². The van der Waals surface area contributed by atoms with E-state index in [0.29, 0.717) is 12.5 Å². The molecule has 2 rings (SSSR count). The van der Waals surface area contributed by atoms with Crippen LogP contribution in [0.5, 0.6) is 0 Å². The fourth-order valence-electron chi connectivity index (χ4n) is 2.32. The Balaban J connectivity index is 2.09. The third-order valence-corrected chi connectivity index (χ3v) is 3.99. The van der Waals surface area contributed by atoms with Gasteiger partial charge in [-0.25, -0.2) is 18.2 Å². The lowest BCUT2D eigenvalue weighted by molar-refractivity contribution is 0.0137. The van der Waals surface area contributed by atoms with E-state index in [1.165, 1.54) is 6.07 Å². The highest BCUT2D eigenvalue weighted by atomic mass is 19.3. The Morgan fingerprint density at radius 3 is 2.60 bits per heavy atom. The van der Waals surface area contributed by atoms with Crippen molar-refractivity contribution in [1.82, 2.24) is 9.88 Å². The van der Waals surface area contributed by atoms with Crippen LogP contribution in [0.2, 0.25) is 0 Å². The molecule has 4 nitrogen and oxygen atoms in total. The topological polar surface area (TPSA) is 54.5 Å². The van der Waals surface area contributed by atoms with Crippen molar-refractivity contribution in [3.05, 3.63) is 65.2 Å². The van der Waals surface area contributed by atoms with Gasteiger partial charge >= 0.3 is 0 Å². The second-order valence-electron chi connectivity index (χ2n) is 5.92. The van der Waals surface area contributed by atoms with E-state index in [-0.39, 0.29) is 18.5 Å². The molecule has 1 unspecified atom stereocenters. The molecule has 0 aliphatic rings. The average Bonchev–Trinajstić information content (AvgIpc) is 2.58. The minimum Gasteiger partial charge on any atom is -0.370 e. The van der Waals surface area contributed by atoms with Crippen molar-refractivity contribution in [1.29, 1.82) is 0 Å². The Bertz CT molecular complexity index is 742.